The molecule has 1 aliphatic heterocycles. The van der Waals surface area contributed by atoms with Gasteiger partial charge in [-0.2, -0.15) is 0 Å². The summed E-state index contributed by atoms with van der Waals surface area (Å²) >= 11 is 1.33. The smallest absolute Gasteiger partial charge is 0.236 e. The molecule has 1 fully saturated rings. The highest BCUT2D eigenvalue weighted by Gasteiger charge is 2.36. The van der Waals surface area contributed by atoms with Gasteiger partial charge in [0, 0.05) is 30.5 Å². The van der Waals surface area contributed by atoms with Crippen LogP contribution in [0.15, 0.2) is 53.9 Å². The Morgan fingerprint density at radius 1 is 1.24 bits per heavy atom. The number of carbonyl (C=O) groups is 1. The fourth-order valence-electron chi connectivity index (χ4n) is 4.12. The molecule has 1 aliphatic rings. The number of para-hydroxylation sites is 1. The Labute approximate surface area is 198 Å². The van der Waals surface area contributed by atoms with E-state index in [2.05, 4.69) is 15.2 Å². The Morgan fingerprint density at radius 3 is 2.67 bits per heavy atom. The van der Waals surface area contributed by atoms with E-state index >= 15 is 0 Å². The Kier molecular flexibility index (Phi) is 6.85. The molecule has 1 aromatic carbocycles. The van der Waals surface area contributed by atoms with Gasteiger partial charge in [-0.1, -0.05) is 30.0 Å². The highest BCUT2D eigenvalue weighted by Crippen LogP contribution is 2.32. The van der Waals surface area contributed by atoms with Crippen LogP contribution in [-0.2, 0) is 14.6 Å². The van der Waals surface area contributed by atoms with Crippen LogP contribution < -0.4 is 0 Å². The van der Waals surface area contributed by atoms with Crippen molar-refractivity contribution >= 4 is 27.5 Å². The zero-order valence-electron chi connectivity index (χ0n) is 18.9. The molecule has 174 valence electrons. The maximum Gasteiger partial charge on any atom is 0.236 e. The minimum Gasteiger partial charge on any atom is -0.338 e. The lowest BCUT2D eigenvalue weighted by Gasteiger charge is -2.29. The summed E-state index contributed by atoms with van der Waals surface area (Å²) in [5.74, 6) is 0.730. The molecule has 10 heteroatoms. The number of aromatic nitrogens is 4. The van der Waals surface area contributed by atoms with Crippen LogP contribution in [0.5, 0.6) is 0 Å². The molecule has 4 rings (SSSR count). The molecule has 2 aromatic heterocycles. The predicted molar refractivity (Wildman–Crippen MR) is 129 cm³/mol. The number of thioether (sulfide) groups is 1. The van der Waals surface area contributed by atoms with E-state index < -0.39 is 15.1 Å². The summed E-state index contributed by atoms with van der Waals surface area (Å²) in [6.45, 7) is 6.20. The topological polar surface area (TPSA) is 98.1 Å². The fourth-order valence-corrected chi connectivity index (χ4v) is 6.78. The highest BCUT2D eigenvalue weighted by atomic mass is 32.2. The first-order valence-corrected chi connectivity index (χ1v) is 13.6. The van der Waals surface area contributed by atoms with Gasteiger partial charge in [0.1, 0.15) is 0 Å². The highest BCUT2D eigenvalue weighted by molar-refractivity contribution is 8.00. The zero-order chi connectivity index (χ0) is 23.6. The minimum absolute atomic E-state index is 0.0362. The molecular formula is C23H27N5O3S2. The van der Waals surface area contributed by atoms with E-state index in [0.717, 1.165) is 16.8 Å². The third kappa shape index (κ3) is 4.96. The van der Waals surface area contributed by atoms with Crippen LogP contribution in [0.3, 0.4) is 0 Å². The van der Waals surface area contributed by atoms with Crippen molar-refractivity contribution in [3.05, 3.63) is 54.4 Å². The Balaban J connectivity index is 1.66. The number of sulfone groups is 1. The van der Waals surface area contributed by atoms with Crippen molar-refractivity contribution in [2.75, 3.05) is 18.1 Å². The lowest BCUT2D eigenvalue weighted by atomic mass is 10.2. The quantitative estimate of drug-likeness (QED) is 0.474. The third-order valence-corrected chi connectivity index (χ3v) is 8.59. The van der Waals surface area contributed by atoms with Crippen molar-refractivity contribution in [1.29, 1.82) is 0 Å². The summed E-state index contributed by atoms with van der Waals surface area (Å²) in [4.78, 5) is 19.2. The molecule has 1 saturated heterocycles. The number of hydrogen-bond acceptors (Lipinski definition) is 7. The molecule has 33 heavy (non-hydrogen) atoms. The van der Waals surface area contributed by atoms with Crippen LogP contribution in [0.4, 0.5) is 0 Å². The predicted octanol–water partition coefficient (Wildman–Crippen LogP) is 3.15. The molecule has 0 aliphatic carbocycles. The molecule has 1 amide bonds. The molecule has 2 atom stereocenters. The molecule has 3 heterocycles. The number of hydrogen-bond donors (Lipinski definition) is 0. The maximum absolute atomic E-state index is 13.3. The summed E-state index contributed by atoms with van der Waals surface area (Å²) in [5.41, 5.74) is 2.80. The first-order valence-electron chi connectivity index (χ1n) is 10.9. The van der Waals surface area contributed by atoms with Gasteiger partial charge in [-0.3, -0.25) is 14.3 Å². The van der Waals surface area contributed by atoms with Gasteiger partial charge >= 0.3 is 0 Å². The van der Waals surface area contributed by atoms with Crippen LogP contribution >= 0.6 is 11.8 Å². The molecule has 0 N–H and O–H groups in total. The van der Waals surface area contributed by atoms with Crippen molar-refractivity contribution in [3.63, 3.8) is 0 Å². The number of pyridine rings is 1. The van der Waals surface area contributed by atoms with E-state index in [0.29, 0.717) is 23.9 Å². The second kappa shape index (κ2) is 9.64. The molecule has 0 bridgehead atoms. The number of aryl methyl sites for hydroxylation is 1. The van der Waals surface area contributed by atoms with Crippen LogP contribution in [0.2, 0.25) is 0 Å². The van der Waals surface area contributed by atoms with Crippen molar-refractivity contribution in [2.45, 2.75) is 43.6 Å². The monoisotopic (exact) mass is 485 g/mol. The standard InChI is InChI=1S/C23H27N5O3S2/c1-4-27(19-11-13-33(30,31)15-19)22(29)17(3)32-23-26-25-21(18-9-7-12-24-14-18)28(23)20-10-6-5-8-16(20)2/h5-10,12,14,17,19H,4,11,13,15H2,1-3H3/t17-,19-/m1/s1. The molecule has 0 spiro atoms. The van der Waals surface area contributed by atoms with Gasteiger partial charge in [-0.25, -0.2) is 8.42 Å². The summed E-state index contributed by atoms with van der Waals surface area (Å²) in [7, 11) is -3.08. The van der Waals surface area contributed by atoms with Gasteiger partial charge in [0.25, 0.3) is 0 Å². The summed E-state index contributed by atoms with van der Waals surface area (Å²) in [6, 6.07) is 11.4. The van der Waals surface area contributed by atoms with E-state index in [1.165, 1.54) is 11.8 Å². The van der Waals surface area contributed by atoms with Crippen molar-refractivity contribution in [3.8, 4) is 17.1 Å². The number of amides is 1. The second-order valence-electron chi connectivity index (χ2n) is 8.11. The number of rotatable bonds is 7. The molecule has 0 saturated carbocycles. The fraction of sp³-hybridized carbons (Fsp3) is 0.391. The van der Waals surface area contributed by atoms with E-state index in [1.54, 1.807) is 17.3 Å². The van der Waals surface area contributed by atoms with Crippen molar-refractivity contribution in [1.82, 2.24) is 24.6 Å². The van der Waals surface area contributed by atoms with Gasteiger partial charge in [0.05, 0.1) is 22.4 Å². The van der Waals surface area contributed by atoms with Crippen LogP contribution in [0, 0.1) is 6.92 Å². The van der Waals surface area contributed by atoms with Crippen LogP contribution in [0.1, 0.15) is 25.8 Å². The number of nitrogens with zero attached hydrogens (tertiary/aromatic N) is 5. The lowest BCUT2D eigenvalue weighted by Crippen LogP contribution is -2.44. The Morgan fingerprint density at radius 2 is 2.03 bits per heavy atom. The lowest BCUT2D eigenvalue weighted by molar-refractivity contribution is -0.131. The number of benzene rings is 1. The van der Waals surface area contributed by atoms with Gasteiger partial charge in [0.2, 0.25) is 5.91 Å². The second-order valence-corrected chi connectivity index (χ2v) is 11.6. The summed E-state index contributed by atoms with van der Waals surface area (Å²) in [6.07, 6.45) is 3.93. The van der Waals surface area contributed by atoms with E-state index in [9.17, 15) is 13.2 Å². The largest absolute Gasteiger partial charge is 0.338 e. The molecular weight excluding hydrogens is 458 g/mol. The molecule has 0 radical (unpaired) electrons. The van der Waals surface area contributed by atoms with E-state index in [1.807, 2.05) is 61.7 Å². The molecule has 0 unspecified atom stereocenters. The van der Waals surface area contributed by atoms with E-state index in [-0.39, 0.29) is 23.5 Å². The maximum atomic E-state index is 13.3. The van der Waals surface area contributed by atoms with Crippen molar-refractivity contribution < 1.29 is 13.2 Å². The van der Waals surface area contributed by atoms with Gasteiger partial charge in [-0.05, 0) is 51.0 Å². The van der Waals surface area contributed by atoms with E-state index in [4.69, 9.17) is 0 Å². The molecule has 3 aromatic rings. The van der Waals surface area contributed by atoms with Crippen LogP contribution in [0.25, 0.3) is 17.1 Å². The third-order valence-electron chi connectivity index (χ3n) is 5.81. The summed E-state index contributed by atoms with van der Waals surface area (Å²) < 4.78 is 25.8. The first kappa shape index (κ1) is 23.4. The zero-order valence-corrected chi connectivity index (χ0v) is 20.5. The average molecular weight is 486 g/mol. The minimum atomic E-state index is -3.08. The Hall–Kier alpha value is -2.72. The van der Waals surface area contributed by atoms with Gasteiger partial charge < -0.3 is 4.90 Å². The number of carbonyl (C=O) groups excluding carboxylic acids is 1. The van der Waals surface area contributed by atoms with Crippen molar-refractivity contribution in [2.24, 2.45) is 0 Å². The average Bonchev–Trinajstić information content (AvgIpc) is 3.38. The van der Waals surface area contributed by atoms with Crippen LogP contribution in [-0.4, -0.2) is 68.3 Å². The Bertz CT molecular complexity index is 1240. The first-order chi connectivity index (χ1) is 15.8. The normalized spacial score (nSPS) is 18.2. The SMILES string of the molecule is CCN(C(=O)[C@@H](C)Sc1nnc(-c2cccnc2)n1-c1ccccc1C)[C@@H]1CCS(=O)(=O)C1. The summed E-state index contributed by atoms with van der Waals surface area (Å²) in [5, 5.41) is 8.99. The van der Waals surface area contributed by atoms with Gasteiger partial charge in [0.15, 0.2) is 20.8 Å². The molecule has 8 nitrogen and oxygen atoms in total. The van der Waals surface area contributed by atoms with Gasteiger partial charge in [-0.15, -0.1) is 10.2 Å².